The molecule has 0 saturated carbocycles. The van der Waals surface area contributed by atoms with Crippen LogP contribution in [0.25, 0.3) is 0 Å². The quantitative estimate of drug-likeness (QED) is 0.806. The number of benzene rings is 1. The van der Waals surface area contributed by atoms with Crippen LogP contribution in [0.2, 0.25) is 0 Å². The number of anilines is 1. The third-order valence-corrected chi connectivity index (χ3v) is 4.27. The lowest BCUT2D eigenvalue weighted by molar-refractivity contribution is 0.0793. The van der Waals surface area contributed by atoms with Crippen molar-refractivity contribution in [3.8, 4) is 0 Å². The summed E-state index contributed by atoms with van der Waals surface area (Å²) in [6.45, 7) is 7.03. The Kier molecular flexibility index (Phi) is 6.89. The first kappa shape index (κ1) is 19.6. The van der Waals surface area contributed by atoms with Gasteiger partial charge in [-0.05, 0) is 42.2 Å². The highest BCUT2D eigenvalue weighted by molar-refractivity contribution is 6.04. The topological polar surface area (TPSA) is 62.3 Å². The predicted octanol–water partition coefficient (Wildman–Crippen LogP) is 4.33. The van der Waals surface area contributed by atoms with E-state index >= 15 is 0 Å². The number of amides is 2. The van der Waals surface area contributed by atoms with Crippen LogP contribution >= 0.6 is 0 Å². The van der Waals surface area contributed by atoms with Gasteiger partial charge in [0.2, 0.25) is 0 Å². The van der Waals surface area contributed by atoms with Crippen LogP contribution < -0.4 is 5.32 Å². The molecule has 0 aliphatic heterocycles. The Morgan fingerprint density at radius 2 is 1.85 bits per heavy atom. The van der Waals surface area contributed by atoms with Gasteiger partial charge in [-0.15, -0.1) is 0 Å². The molecule has 2 aromatic rings. The first-order valence-electron chi connectivity index (χ1n) is 9.05. The third-order valence-electron chi connectivity index (χ3n) is 4.27. The van der Waals surface area contributed by atoms with Crippen molar-refractivity contribution >= 4 is 17.5 Å². The SMILES string of the molecule is CCCCN(C)C(=O)c1ccnc(C(=O)Nc2ccc(C(C)C)cc2)c1. The number of carbonyl (C=O) groups excluding carboxylic acids is 2. The van der Waals surface area contributed by atoms with Gasteiger partial charge in [0, 0.05) is 31.0 Å². The van der Waals surface area contributed by atoms with E-state index in [2.05, 4.69) is 31.1 Å². The summed E-state index contributed by atoms with van der Waals surface area (Å²) >= 11 is 0. The maximum atomic E-state index is 12.5. The average molecular weight is 353 g/mol. The van der Waals surface area contributed by atoms with Crippen molar-refractivity contribution in [1.82, 2.24) is 9.88 Å². The van der Waals surface area contributed by atoms with Crippen molar-refractivity contribution in [1.29, 1.82) is 0 Å². The minimum Gasteiger partial charge on any atom is -0.342 e. The number of aromatic nitrogens is 1. The molecule has 0 spiro atoms. The molecule has 1 aromatic carbocycles. The van der Waals surface area contributed by atoms with E-state index in [4.69, 9.17) is 0 Å². The van der Waals surface area contributed by atoms with Gasteiger partial charge < -0.3 is 10.2 Å². The molecule has 26 heavy (non-hydrogen) atoms. The summed E-state index contributed by atoms with van der Waals surface area (Å²) in [5.74, 6) is 0.0122. The van der Waals surface area contributed by atoms with Gasteiger partial charge in [-0.2, -0.15) is 0 Å². The fourth-order valence-corrected chi connectivity index (χ4v) is 2.55. The van der Waals surface area contributed by atoms with Gasteiger partial charge in [0.25, 0.3) is 11.8 Å². The number of rotatable bonds is 7. The fraction of sp³-hybridized carbons (Fsp3) is 0.381. The predicted molar refractivity (Wildman–Crippen MR) is 105 cm³/mol. The lowest BCUT2D eigenvalue weighted by atomic mass is 10.0. The zero-order valence-electron chi connectivity index (χ0n) is 16.0. The highest BCUT2D eigenvalue weighted by Crippen LogP contribution is 2.17. The van der Waals surface area contributed by atoms with Crippen LogP contribution in [-0.2, 0) is 0 Å². The summed E-state index contributed by atoms with van der Waals surface area (Å²) in [6.07, 6.45) is 3.47. The Hall–Kier alpha value is -2.69. The largest absolute Gasteiger partial charge is 0.342 e. The van der Waals surface area contributed by atoms with Crippen LogP contribution in [0, 0.1) is 0 Å². The van der Waals surface area contributed by atoms with Crippen molar-refractivity contribution in [2.24, 2.45) is 0 Å². The molecule has 1 N–H and O–H groups in total. The summed E-state index contributed by atoms with van der Waals surface area (Å²) in [7, 11) is 1.77. The minimum absolute atomic E-state index is 0.101. The molecule has 5 nitrogen and oxygen atoms in total. The Bertz CT molecular complexity index is 754. The summed E-state index contributed by atoms with van der Waals surface area (Å²) in [5, 5.41) is 2.83. The molecule has 138 valence electrons. The van der Waals surface area contributed by atoms with Gasteiger partial charge in [0.05, 0.1) is 0 Å². The van der Waals surface area contributed by atoms with E-state index < -0.39 is 0 Å². The van der Waals surface area contributed by atoms with Gasteiger partial charge in [0.15, 0.2) is 0 Å². The van der Waals surface area contributed by atoms with Crippen LogP contribution in [0.1, 0.15) is 65.9 Å². The van der Waals surface area contributed by atoms with Crippen molar-refractivity contribution in [2.75, 3.05) is 18.9 Å². The van der Waals surface area contributed by atoms with E-state index in [-0.39, 0.29) is 17.5 Å². The Morgan fingerprint density at radius 1 is 1.15 bits per heavy atom. The molecule has 2 amide bonds. The number of unbranched alkanes of at least 4 members (excludes halogenated alkanes) is 1. The summed E-state index contributed by atoms with van der Waals surface area (Å²) < 4.78 is 0. The average Bonchev–Trinajstić information content (AvgIpc) is 2.66. The first-order valence-corrected chi connectivity index (χ1v) is 9.05. The molecule has 1 heterocycles. The molecular weight excluding hydrogens is 326 g/mol. The third kappa shape index (κ3) is 5.15. The van der Waals surface area contributed by atoms with Crippen LogP contribution in [0.3, 0.4) is 0 Å². The van der Waals surface area contributed by atoms with Crippen LogP contribution in [-0.4, -0.2) is 35.3 Å². The smallest absolute Gasteiger partial charge is 0.274 e. The molecule has 0 atom stereocenters. The van der Waals surface area contributed by atoms with Crippen LogP contribution in [0.5, 0.6) is 0 Å². The van der Waals surface area contributed by atoms with Crippen molar-refractivity contribution in [3.63, 3.8) is 0 Å². The number of pyridine rings is 1. The van der Waals surface area contributed by atoms with E-state index in [1.807, 2.05) is 24.3 Å². The van der Waals surface area contributed by atoms with E-state index in [1.54, 1.807) is 24.1 Å². The molecule has 1 aromatic heterocycles. The molecule has 0 bridgehead atoms. The molecule has 5 heteroatoms. The number of hydrogen-bond acceptors (Lipinski definition) is 3. The number of hydrogen-bond donors (Lipinski definition) is 1. The zero-order valence-corrected chi connectivity index (χ0v) is 16.0. The molecule has 0 aliphatic carbocycles. The van der Waals surface area contributed by atoms with Crippen molar-refractivity contribution < 1.29 is 9.59 Å². The Morgan fingerprint density at radius 3 is 2.46 bits per heavy atom. The molecule has 0 fully saturated rings. The lowest BCUT2D eigenvalue weighted by Gasteiger charge is -2.17. The molecule has 2 rings (SSSR count). The minimum atomic E-state index is -0.326. The number of nitrogens with one attached hydrogen (secondary N) is 1. The maximum Gasteiger partial charge on any atom is 0.274 e. The first-order chi connectivity index (χ1) is 12.4. The second kappa shape index (κ2) is 9.13. The fourth-order valence-electron chi connectivity index (χ4n) is 2.55. The summed E-state index contributed by atoms with van der Waals surface area (Å²) in [4.78, 5) is 30.7. The number of carbonyl (C=O) groups is 2. The second-order valence-electron chi connectivity index (χ2n) is 6.74. The maximum absolute atomic E-state index is 12.5. The summed E-state index contributed by atoms with van der Waals surface area (Å²) in [6, 6.07) is 10.9. The second-order valence-corrected chi connectivity index (χ2v) is 6.74. The Labute approximate surface area is 155 Å². The molecule has 0 unspecified atom stereocenters. The lowest BCUT2D eigenvalue weighted by Crippen LogP contribution is -2.28. The molecule has 0 radical (unpaired) electrons. The van der Waals surface area contributed by atoms with E-state index in [0.717, 1.165) is 12.8 Å². The molecule has 0 aliphatic rings. The van der Waals surface area contributed by atoms with Gasteiger partial charge in [-0.25, -0.2) is 0 Å². The highest BCUT2D eigenvalue weighted by atomic mass is 16.2. The monoisotopic (exact) mass is 353 g/mol. The zero-order chi connectivity index (χ0) is 19.1. The molecule has 0 saturated heterocycles. The number of nitrogens with zero attached hydrogens (tertiary/aromatic N) is 2. The van der Waals surface area contributed by atoms with Crippen LogP contribution in [0.4, 0.5) is 5.69 Å². The molecular formula is C21H27N3O2. The van der Waals surface area contributed by atoms with E-state index in [0.29, 0.717) is 23.7 Å². The van der Waals surface area contributed by atoms with Gasteiger partial charge in [-0.1, -0.05) is 39.3 Å². The Balaban J connectivity index is 2.08. The van der Waals surface area contributed by atoms with E-state index in [9.17, 15) is 9.59 Å². The van der Waals surface area contributed by atoms with Gasteiger partial charge in [0.1, 0.15) is 5.69 Å². The summed E-state index contributed by atoms with van der Waals surface area (Å²) in [5.41, 5.74) is 2.62. The normalized spacial score (nSPS) is 10.7. The van der Waals surface area contributed by atoms with Crippen molar-refractivity contribution in [2.45, 2.75) is 39.5 Å². The highest BCUT2D eigenvalue weighted by Gasteiger charge is 2.15. The van der Waals surface area contributed by atoms with Crippen molar-refractivity contribution in [3.05, 3.63) is 59.4 Å². The van der Waals surface area contributed by atoms with Gasteiger partial charge in [-0.3, -0.25) is 14.6 Å². The van der Waals surface area contributed by atoms with Gasteiger partial charge >= 0.3 is 0 Å². The van der Waals surface area contributed by atoms with Crippen LogP contribution in [0.15, 0.2) is 42.6 Å². The standard InChI is InChI=1S/C21H27N3O2/c1-5-6-13-24(4)21(26)17-11-12-22-19(14-17)20(25)23-18-9-7-16(8-10-18)15(2)3/h7-12,14-15H,5-6,13H2,1-4H3,(H,23,25). The van der Waals surface area contributed by atoms with E-state index in [1.165, 1.54) is 11.8 Å².